The van der Waals surface area contributed by atoms with E-state index in [0.717, 1.165) is 12.0 Å². The van der Waals surface area contributed by atoms with Gasteiger partial charge < -0.3 is 29.4 Å². The molecule has 0 bridgehead atoms. The summed E-state index contributed by atoms with van der Waals surface area (Å²) >= 11 is 0. The lowest BCUT2D eigenvalue weighted by molar-refractivity contribution is -0.160. The number of hydrogen-bond acceptors (Lipinski definition) is 8. The number of nitrogens with zero attached hydrogens (tertiary/aromatic N) is 1. The Morgan fingerprint density at radius 3 is 2.67 bits per heavy atom. The average Bonchev–Trinajstić information content (AvgIpc) is 2.90. The van der Waals surface area contributed by atoms with Gasteiger partial charge in [-0.3, -0.25) is 4.79 Å². The molecule has 4 atom stereocenters. The number of hydrogen-bond donors (Lipinski definition) is 2. The summed E-state index contributed by atoms with van der Waals surface area (Å²) in [6, 6.07) is 10.4. The molecule has 0 radical (unpaired) electrons. The molecule has 1 fully saturated rings. The first kappa shape index (κ1) is 27.4. The van der Waals surface area contributed by atoms with E-state index < -0.39 is 29.8 Å². The van der Waals surface area contributed by atoms with Crippen LogP contribution in [0, 0.1) is 11.8 Å². The first-order chi connectivity index (χ1) is 17.3. The van der Waals surface area contributed by atoms with E-state index in [9.17, 15) is 14.7 Å². The first-order valence-corrected chi connectivity index (χ1v) is 12.3. The molecule has 3 rings (SSSR count). The third-order valence-corrected chi connectivity index (χ3v) is 6.10. The van der Waals surface area contributed by atoms with E-state index in [1.807, 2.05) is 30.3 Å². The van der Waals surface area contributed by atoms with Crippen molar-refractivity contribution in [3.05, 3.63) is 53.9 Å². The van der Waals surface area contributed by atoms with Crippen molar-refractivity contribution in [2.45, 2.75) is 51.9 Å². The Morgan fingerprint density at radius 1 is 1.22 bits per heavy atom. The Labute approximate surface area is 212 Å². The summed E-state index contributed by atoms with van der Waals surface area (Å²) in [5, 5.41) is 12.8. The Hall–Kier alpha value is -3.17. The lowest BCUT2D eigenvalue weighted by Crippen LogP contribution is -2.46. The Balaban J connectivity index is 1.76. The van der Waals surface area contributed by atoms with Gasteiger partial charge in [-0.1, -0.05) is 44.2 Å². The minimum atomic E-state index is -1.08. The number of rotatable bonds is 9. The normalized spacial score (nSPS) is 22.8. The van der Waals surface area contributed by atoms with E-state index >= 15 is 0 Å². The molecule has 0 saturated carbocycles. The van der Waals surface area contributed by atoms with Crippen molar-refractivity contribution < 1.29 is 33.6 Å². The van der Waals surface area contributed by atoms with Crippen molar-refractivity contribution in [3.8, 4) is 11.5 Å². The van der Waals surface area contributed by atoms with Crippen LogP contribution in [0.2, 0.25) is 0 Å². The van der Waals surface area contributed by atoms with Crippen molar-refractivity contribution >= 4 is 11.9 Å². The van der Waals surface area contributed by atoms with Crippen LogP contribution in [0.1, 0.15) is 43.2 Å². The summed E-state index contributed by atoms with van der Waals surface area (Å²) in [4.78, 5) is 29.7. The molecule has 2 heterocycles. The van der Waals surface area contributed by atoms with E-state index in [1.165, 1.54) is 19.4 Å². The summed E-state index contributed by atoms with van der Waals surface area (Å²) in [5.74, 6) is -1.29. The number of amides is 1. The lowest BCUT2D eigenvalue weighted by Gasteiger charge is -2.31. The maximum atomic E-state index is 13.0. The van der Waals surface area contributed by atoms with Gasteiger partial charge in [-0.2, -0.15) is 0 Å². The van der Waals surface area contributed by atoms with Crippen LogP contribution < -0.4 is 10.1 Å². The number of aromatic nitrogens is 1. The molecule has 1 amide bonds. The SMILES string of the molecule is COc1ccnc(C(=O)NC2COCC(Cc3ccccc3)C(OCCC(C)C)C(C)OC2=O)c1O. The van der Waals surface area contributed by atoms with Crippen LogP contribution in [0.25, 0.3) is 0 Å². The number of methoxy groups -OCH3 is 1. The van der Waals surface area contributed by atoms with Crippen LogP contribution in [0.15, 0.2) is 42.6 Å². The van der Waals surface area contributed by atoms with E-state index in [1.54, 1.807) is 6.92 Å². The molecule has 0 aliphatic carbocycles. The maximum absolute atomic E-state index is 13.0. The standard InChI is InChI=1S/C27H36N2O7/c1-17(2)11-13-35-25-18(3)36-27(32)21(16-34-15-20(25)14-19-8-6-5-7-9-19)29-26(31)23-24(30)22(33-4)10-12-28-23/h5-10,12,17-18,20-21,25,30H,11,13-16H2,1-4H3,(H,29,31). The van der Waals surface area contributed by atoms with Gasteiger partial charge in [0.15, 0.2) is 23.2 Å². The Kier molecular flexibility index (Phi) is 10.1. The van der Waals surface area contributed by atoms with Crippen molar-refractivity contribution in [2.24, 2.45) is 11.8 Å². The zero-order valence-corrected chi connectivity index (χ0v) is 21.3. The molecule has 2 aromatic rings. The summed E-state index contributed by atoms with van der Waals surface area (Å²) < 4.78 is 23.0. The molecular formula is C27H36N2O7. The smallest absolute Gasteiger partial charge is 0.331 e. The number of ether oxygens (including phenoxy) is 4. The first-order valence-electron chi connectivity index (χ1n) is 12.3. The Morgan fingerprint density at radius 2 is 1.97 bits per heavy atom. The number of pyridine rings is 1. The molecule has 1 saturated heterocycles. The minimum absolute atomic E-state index is 0.0686. The highest BCUT2D eigenvalue weighted by atomic mass is 16.6. The second-order valence-corrected chi connectivity index (χ2v) is 9.38. The fourth-order valence-electron chi connectivity index (χ4n) is 4.11. The third-order valence-electron chi connectivity index (χ3n) is 6.10. The van der Waals surface area contributed by atoms with Crippen LogP contribution in [0.5, 0.6) is 11.5 Å². The van der Waals surface area contributed by atoms with E-state index in [2.05, 4.69) is 24.1 Å². The highest BCUT2D eigenvalue weighted by Gasteiger charge is 2.36. The molecule has 4 unspecified atom stereocenters. The van der Waals surface area contributed by atoms with Crippen molar-refractivity contribution in [1.82, 2.24) is 10.3 Å². The summed E-state index contributed by atoms with van der Waals surface area (Å²) in [6.07, 6.45) is 1.95. The highest BCUT2D eigenvalue weighted by molar-refractivity contribution is 5.98. The number of esters is 1. The number of cyclic esters (lactones) is 1. The van der Waals surface area contributed by atoms with Gasteiger partial charge in [0.25, 0.3) is 5.91 Å². The fourth-order valence-corrected chi connectivity index (χ4v) is 4.11. The van der Waals surface area contributed by atoms with Gasteiger partial charge in [-0.25, -0.2) is 9.78 Å². The monoisotopic (exact) mass is 500 g/mol. The second-order valence-electron chi connectivity index (χ2n) is 9.38. The second kappa shape index (κ2) is 13.2. The van der Waals surface area contributed by atoms with Gasteiger partial charge >= 0.3 is 5.97 Å². The molecule has 0 spiro atoms. The maximum Gasteiger partial charge on any atom is 0.331 e. The van der Waals surface area contributed by atoms with Gasteiger partial charge in [0.2, 0.25) is 0 Å². The van der Waals surface area contributed by atoms with E-state index in [4.69, 9.17) is 18.9 Å². The highest BCUT2D eigenvalue weighted by Crippen LogP contribution is 2.28. The van der Waals surface area contributed by atoms with Gasteiger partial charge in [0.05, 0.1) is 26.4 Å². The van der Waals surface area contributed by atoms with E-state index in [-0.39, 0.29) is 30.1 Å². The summed E-state index contributed by atoms with van der Waals surface area (Å²) in [6.45, 7) is 6.82. The van der Waals surface area contributed by atoms with E-state index in [0.29, 0.717) is 25.6 Å². The third kappa shape index (κ3) is 7.41. The molecule has 2 N–H and O–H groups in total. The molecule has 196 valence electrons. The van der Waals surface area contributed by atoms with Crippen molar-refractivity contribution in [1.29, 1.82) is 0 Å². The summed E-state index contributed by atoms with van der Waals surface area (Å²) in [5.41, 5.74) is 0.873. The molecule has 9 heteroatoms. The fraction of sp³-hybridized carbons (Fsp3) is 0.519. The summed E-state index contributed by atoms with van der Waals surface area (Å²) in [7, 11) is 1.37. The number of carbonyl (C=O) groups is 2. The quantitative estimate of drug-likeness (QED) is 0.505. The lowest BCUT2D eigenvalue weighted by atomic mass is 9.91. The largest absolute Gasteiger partial charge is 0.503 e. The van der Waals surface area contributed by atoms with Crippen LogP contribution >= 0.6 is 0 Å². The molecule has 1 aliphatic rings. The molecular weight excluding hydrogens is 464 g/mol. The number of nitrogens with one attached hydrogen (secondary N) is 1. The van der Waals surface area contributed by atoms with Crippen LogP contribution in [-0.2, 0) is 25.4 Å². The van der Waals surface area contributed by atoms with Gasteiger partial charge in [0, 0.05) is 24.8 Å². The minimum Gasteiger partial charge on any atom is -0.503 e. The van der Waals surface area contributed by atoms with Gasteiger partial charge in [-0.15, -0.1) is 0 Å². The Bertz CT molecular complexity index is 999. The van der Waals surface area contributed by atoms with Gasteiger partial charge in [-0.05, 0) is 31.2 Å². The number of benzene rings is 1. The molecule has 36 heavy (non-hydrogen) atoms. The molecule has 1 aliphatic heterocycles. The van der Waals surface area contributed by atoms with Crippen LogP contribution in [0.4, 0.5) is 0 Å². The van der Waals surface area contributed by atoms with Gasteiger partial charge in [0.1, 0.15) is 6.10 Å². The number of aromatic hydroxyl groups is 1. The average molecular weight is 501 g/mol. The molecule has 1 aromatic carbocycles. The topological polar surface area (TPSA) is 116 Å². The predicted molar refractivity (Wildman–Crippen MR) is 133 cm³/mol. The van der Waals surface area contributed by atoms with Crippen LogP contribution in [-0.4, -0.2) is 67.1 Å². The zero-order valence-electron chi connectivity index (χ0n) is 21.3. The zero-order chi connectivity index (χ0) is 26.1. The predicted octanol–water partition coefficient (Wildman–Crippen LogP) is 3.15. The molecule has 9 nitrogen and oxygen atoms in total. The molecule has 1 aromatic heterocycles. The van der Waals surface area contributed by atoms with Crippen LogP contribution in [0.3, 0.4) is 0 Å². The number of carbonyl (C=O) groups excluding carboxylic acids is 2. The van der Waals surface area contributed by atoms with Crippen molar-refractivity contribution in [2.75, 3.05) is 26.9 Å². The van der Waals surface area contributed by atoms with Crippen molar-refractivity contribution in [3.63, 3.8) is 0 Å².